The van der Waals surface area contributed by atoms with Crippen LogP contribution in [0.3, 0.4) is 0 Å². The molecule has 17 heteroatoms. The highest BCUT2D eigenvalue weighted by molar-refractivity contribution is 7.89. The molecule has 0 spiro atoms. The number of nitrogens with zero attached hydrogens (tertiary/aromatic N) is 7. The van der Waals surface area contributed by atoms with E-state index < -0.39 is 20.0 Å². The van der Waals surface area contributed by atoms with Crippen LogP contribution in [0.2, 0.25) is 0 Å². The zero-order chi connectivity index (χ0) is 105. The number of hydrogen-bond acceptors (Lipinski definition) is 13. The molecule has 18 rings (SSSR count). The molecule has 0 aliphatic carbocycles. The van der Waals surface area contributed by atoms with Gasteiger partial charge >= 0.3 is 0 Å². The number of anilines is 1. The van der Waals surface area contributed by atoms with E-state index in [0.717, 1.165) is 118 Å². The lowest BCUT2D eigenvalue weighted by molar-refractivity contribution is -0.0928. The molecule has 8 aromatic rings. The number of rotatable bonds is 14. The predicted octanol–water partition coefficient (Wildman–Crippen LogP) is 27.5. The Bertz CT molecular complexity index is 5350. The van der Waals surface area contributed by atoms with Gasteiger partial charge in [-0.3, -0.25) is 9.80 Å². The van der Waals surface area contributed by atoms with E-state index in [2.05, 4.69) is 362 Å². The average molecular weight is 2010 g/mol. The van der Waals surface area contributed by atoms with Gasteiger partial charge in [0.25, 0.3) is 0 Å². The number of ether oxygens (including phenoxy) is 3. The molecule has 15 nitrogen and oxygen atoms in total. The van der Waals surface area contributed by atoms with Crippen molar-refractivity contribution in [2.75, 3.05) is 131 Å². The molecule has 4 unspecified atom stereocenters. The third-order valence-corrected chi connectivity index (χ3v) is 35.6. The number of morpholine rings is 1. The zero-order valence-corrected chi connectivity index (χ0v) is 96.8. The molecular weight excluding hydrogens is 1810 g/mol. The Kier molecular flexibility index (Phi) is 41.8. The fourth-order valence-electron chi connectivity index (χ4n) is 21.8. The summed E-state index contributed by atoms with van der Waals surface area (Å²) in [4.78, 5) is 13.8. The van der Waals surface area contributed by atoms with Crippen molar-refractivity contribution in [3.05, 3.63) is 266 Å². The van der Waals surface area contributed by atoms with E-state index in [9.17, 15) is 16.8 Å². The third kappa shape index (κ3) is 34.3. The molecule has 6 atom stereocenters. The van der Waals surface area contributed by atoms with E-state index in [1.165, 1.54) is 201 Å². The Morgan fingerprint density at radius 2 is 0.750 bits per heavy atom. The molecular formula is C127H194N8O7S2. The molecule has 10 aliphatic heterocycles. The third-order valence-electron chi connectivity index (χ3n) is 31.9. The minimum absolute atomic E-state index is 0.0290. The lowest BCUT2D eigenvalue weighted by Gasteiger charge is -2.46. The molecule has 0 radical (unpaired) electrons. The van der Waals surface area contributed by atoms with E-state index in [1.54, 1.807) is 35.4 Å². The SMILES string of the molecule is CC(C)(C)c1ccc(C2CC3CCC(C2)N3C2COC2)cc1.CC(C)(C)c1ccc(C2CCN(CC3CCCO3)CC2)cc1.CC(C)(C)c1ccc(N2CCNCC2)cc1.CC(C)(C)c1ccc(S(=O)(=O)N2CCOCC2)cc1.CC(C)(C)c1cccc(CN2CCCCC2)c1.CC(C)c1ccc(C(C)(C)C)cc1.CN(C)S(=O)(=O)c1ccc(C(C)(C)C)cc1.CN1[C@@H]2CC[C@H]1CC(c1ccc(C(C)(C)C)cc1)C2. The lowest BCUT2D eigenvalue weighted by atomic mass is 9.81. The number of piperidine rings is 4. The topological polar surface area (TPSA) is 131 Å². The van der Waals surface area contributed by atoms with Crippen LogP contribution in [0.1, 0.15) is 372 Å². The first-order chi connectivity index (χ1) is 67.5. The Labute approximate surface area is 877 Å². The number of hydrogen-bond donors (Lipinski definition) is 1. The van der Waals surface area contributed by atoms with Gasteiger partial charge in [-0.2, -0.15) is 4.31 Å². The number of likely N-dealkylation sites (tertiary alicyclic amines) is 2. The van der Waals surface area contributed by atoms with Crippen molar-refractivity contribution in [1.82, 2.24) is 33.5 Å². The molecule has 10 saturated heterocycles. The van der Waals surface area contributed by atoms with Gasteiger partial charge in [-0.25, -0.2) is 21.1 Å². The van der Waals surface area contributed by atoms with Gasteiger partial charge in [0, 0.05) is 103 Å². The minimum atomic E-state index is -3.37. The van der Waals surface area contributed by atoms with Gasteiger partial charge in [0.2, 0.25) is 20.0 Å². The van der Waals surface area contributed by atoms with Crippen LogP contribution in [-0.4, -0.2) is 208 Å². The summed E-state index contributed by atoms with van der Waals surface area (Å²) in [5, 5.41) is 3.38. The largest absolute Gasteiger partial charge is 0.379 e. The average Bonchev–Trinajstić information content (AvgIpc) is 1.62. The van der Waals surface area contributed by atoms with Crippen LogP contribution in [0.5, 0.6) is 0 Å². The maximum absolute atomic E-state index is 12.4. The van der Waals surface area contributed by atoms with Crippen LogP contribution < -0.4 is 10.2 Å². The molecule has 4 bridgehead atoms. The van der Waals surface area contributed by atoms with Gasteiger partial charge in [-0.05, 0) is 299 Å². The van der Waals surface area contributed by atoms with Gasteiger partial charge in [-0.1, -0.05) is 344 Å². The van der Waals surface area contributed by atoms with Crippen molar-refractivity contribution < 1.29 is 31.0 Å². The van der Waals surface area contributed by atoms with Crippen LogP contribution >= 0.6 is 0 Å². The van der Waals surface area contributed by atoms with Crippen LogP contribution in [0.4, 0.5) is 5.69 Å². The summed E-state index contributed by atoms with van der Waals surface area (Å²) in [6.07, 6.45) is 20.8. The number of nitrogens with one attached hydrogen (secondary N) is 1. The van der Waals surface area contributed by atoms with Crippen molar-refractivity contribution in [2.24, 2.45) is 0 Å². The summed E-state index contributed by atoms with van der Waals surface area (Å²) < 4.78 is 67.6. The van der Waals surface area contributed by atoms with Gasteiger partial charge < -0.3 is 34.2 Å². The predicted molar refractivity (Wildman–Crippen MR) is 609 cm³/mol. The van der Waals surface area contributed by atoms with Crippen molar-refractivity contribution in [1.29, 1.82) is 0 Å². The first kappa shape index (κ1) is 117. The smallest absolute Gasteiger partial charge is 0.243 e. The monoisotopic (exact) mass is 2010 g/mol. The molecule has 8 aromatic carbocycles. The summed E-state index contributed by atoms with van der Waals surface area (Å²) in [6.45, 7) is 74.5. The maximum Gasteiger partial charge on any atom is 0.243 e. The first-order valence-corrected chi connectivity index (χ1v) is 58.3. The highest BCUT2D eigenvalue weighted by Crippen LogP contribution is 2.47. The number of benzene rings is 8. The van der Waals surface area contributed by atoms with Crippen molar-refractivity contribution >= 4 is 25.7 Å². The summed E-state index contributed by atoms with van der Waals surface area (Å²) in [7, 11) is -1.29. The van der Waals surface area contributed by atoms with Gasteiger partial charge in [0.1, 0.15) is 0 Å². The number of piperazine rings is 1. The second-order valence-corrected chi connectivity index (χ2v) is 56.0. The van der Waals surface area contributed by atoms with E-state index in [1.807, 2.05) is 24.3 Å². The highest BCUT2D eigenvalue weighted by atomic mass is 32.2. The molecule has 144 heavy (non-hydrogen) atoms. The maximum atomic E-state index is 12.4. The van der Waals surface area contributed by atoms with Crippen LogP contribution in [0.25, 0.3) is 0 Å². The lowest BCUT2D eigenvalue weighted by Crippen LogP contribution is -2.56. The molecule has 10 fully saturated rings. The van der Waals surface area contributed by atoms with E-state index in [-0.39, 0.29) is 43.3 Å². The zero-order valence-electron chi connectivity index (χ0n) is 95.2. The first-order valence-electron chi connectivity index (χ1n) is 55.4. The van der Waals surface area contributed by atoms with Crippen LogP contribution in [0, 0.1) is 0 Å². The summed E-state index contributed by atoms with van der Waals surface area (Å²) >= 11 is 0. The Hall–Kier alpha value is -6.94. The van der Waals surface area contributed by atoms with Crippen molar-refractivity contribution in [3.8, 4) is 0 Å². The fourth-order valence-corrected chi connectivity index (χ4v) is 24.1. The fraction of sp³-hybridized carbons (Fsp3) is 0.622. The molecule has 10 heterocycles. The molecule has 0 amide bonds. The molecule has 0 saturated carbocycles. The second-order valence-electron chi connectivity index (χ2n) is 51.9. The Morgan fingerprint density at radius 3 is 1.13 bits per heavy atom. The summed E-state index contributed by atoms with van der Waals surface area (Å²) in [5.41, 5.74) is 21.4. The van der Waals surface area contributed by atoms with Gasteiger partial charge in [0.15, 0.2) is 0 Å². The second kappa shape index (κ2) is 51.3. The van der Waals surface area contributed by atoms with Crippen LogP contribution in [-0.2, 0) is 84.1 Å². The molecule has 0 aromatic heterocycles. The van der Waals surface area contributed by atoms with Crippen LogP contribution in [0.15, 0.2) is 204 Å². The van der Waals surface area contributed by atoms with Crippen molar-refractivity contribution in [2.45, 2.75) is 396 Å². The Balaban J connectivity index is 0.000000158. The standard InChI is InChI=1S/C20H29NO.C20H31NO.C18H27N.C16H25N.C14H22N2.C14H21NO3S.C13H20.C12H19NO2S/c1-20(2,3)16-6-4-14(5-7-16)15-10-17-8-9-18(11-15)21(17)19-12-22-13-19;1-20(2,3)18-8-6-16(7-9-18)17-10-12-21(13-11-17)15-19-5-4-14-22-19;1-18(2,3)15-7-5-13(6-8-15)14-11-16-9-10-17(12-14)19(16)4;1-16(2,3)15-9-7-8-14(12-15)13-17-10-5-4-6-11-17;1-14(2,3)12-4-6-13(7-5-12)16-10-8-15-9-11-16;1-14(2,3)12-4-6-13(7-5-12)19(16,17)15-8-10-18-11-9-15;1-10(2)11-6-8-12(9-7-11)13(3,4)5;1-12(2,3)10-6-8-11(9-7-10)16(14,15)13(4)5/h4-7,15,17-19H,8-13H2,1-3H3;6-9,17,19H,4-5,10-15H2,1-3H3;5-8,14,16-17H,9-12H2,1-4H3;7-9,12H,4-6,10-11,13H2,1-3H3;4-7,15H,8-11H2,1-3H3;4-7H,8-11H2,1-3H3;6-10H,1-5H3;6-9H,1-5H3/t;;14?,16-,17+;;;;;. The highest BCUT2D eigenvalue weighted by Gasteiger charge is 2.47. The van der Waals surface area contributed by atoms with E-state index >= 15 is 0 Å². The van der Waals surface area contributed by atoms with Gasteiger partial charge in [-0.15, -0.1) is 0 Å². The van der Waals surface area contributed by atoms with Crippen molar-refractivity contribution in [3.63, 3.8) is 0 Å². The quantitative estimate of drug-likeness (QED) is 0.111. The molecule has 796 valence electrons. The summed E-state index contributed by atoms with van der Waals surface area (Å²) in [6, 6.07) is 73.7. The molecule has 1 N–H and O–H groups in total. The number of fused-ring (bicyclic) bond motifs is 4. The normalized spacial score (nSPS) is 22.1. The number of sulfonamides is 2. The minimum Gasteiger partial charge on any atom is -0.379 e. The Morgan fingerprint density at radius 1 is 0.368 bits per heavy atom. The van der Waals surface area contributed by atoms with Gasteiger partial charge in [0.05, 0.1) is 48.4 Å². The summed E-state index contributed by atoms with van der Waals surface area (Å²) in [5.74, 6) is 2.94. The molecule has 10 aliphatic rings. The van der Waals surface area contributed by atoms with E-state index in [0.29, 0.717) is 48.1 Å². The van der Waals surface area contributed by atoms with E-state index in [4.69, 9.17) is 14.2 Å².